The molecule has 0 saturated heterocycles. The summed E-state index contributed by atoms with van der Waals surface area (Å²) in [5.41, 5.74) is 0.629. The summed E-state index contributed by atoms with van der Waals surface area (Å²) in [4.78, 5) is 31.1. The number of ether oxygens (including phenoxy) is 2. The number of hydrogen-bond acceptors (Lipinski definition) is 7. The van der Waals surface area contributed by atoms with Crippen LogP contribution in [0.4, 0.5) is 0 Å². The molecule has 11 heteroatoms. The Kier molecular flexibility index (Phi) is 9.77. The third-order valence-corrected chi connectivity index (χ3v) is 7.61. The van der Waals surface area contributed by atoms with Gasteiger partial charge >= 0.3 is 5.97 Å². The number of aromatic carboxylic acids is 1. The van der Waals surface area contributed by atoms with Crippen LogP contribution in [0.5, 0.6) is 11.8 Å². The average Bonchev–Trinajstić information content (AvgIpc) is 3.80. The van der Waals surface area contributed by atoms with E-state index in [1.165, 1.54) is 44.1 Å². The molecule has 1 amide bonds. The molecule has 37 heavy (non-hydrogen) atoms. The fourth-order valence-electron chi connectivity index (χ4n) is 3.80. The number of carbonyl (C=O) groups is 2. The maximum atomic E-state index is 12.3. The second-order valence-corrected chi connectivity index (χ2v) is 11.5. The third-order valence-electron chi connectivity index (χ3n) is 6.48. The lowest BCUT2D eigenvalue weighted by molar-refractivity contribution is 0.0695. The number of aromatic nitrogens is 2. The quantitative estimate of drug-likeness (QED) is 0.349. The first-order valence-corrected chi connectivity index (χ1v) is 14.2. The number of hydrogen-bond donors (Lipinski definition) is 3. The van der Waals surface area contributed by atoms with Gasteiger partial charge < -0.3 is 25.0 Å². The highest BCUT2D eigenvalue weighted by Gasteiger charge is 2.26. The number of carboxylic acid groups (broad SMARTS) is 1. The largest absolute Gasteiger partial charge is 0.478 e. The normalized spacial score (nSPS) is 20.8. The molecular formula is C26H31Br2N3O6. The van der Waals surface area contributed by atoms with Crippen LogP contribution in [-0.2, 0) is 0 Å². The van der Waals surface area contributed by atoms with Gasteiger partial charge in [0.05, 0.1) is 45.4 Å². The lowest BCUT2D eigenvalue weighted by Gasteiger charge is -2.28. The third kappa shape index (κ3) is 8.65. The number of carboxylic acids is 1. The van der Waals surface area contributed by atoms with Gasteiger partial charge in [-0.05, 0) is 94.4 Å². The fraction of sp³-hybridized carbons (Fsp3) is 0.538. The Labute approximate surface area is 232 Å². The van der Waals surface area contributed by atoms with E-state index >= 15 is 0 Å². The first-order valence-electron chi connectivity index (χ1n) is 12.6. The number of aliphatic hydroxyl groups excluding tert-OH is 1. The molecule has 200 valence electrons. The van der Waals surface area contributed by atoms with Gasteiger partial charge in [-0.1, -0.05) is 12.8 Å². The fourth-order valence-corrected chi connectivity index (χ4v) is 4.73. The summed E-state index contributed by atoms with van der Waals surface area (Å²) in [6.45, 7) is 1.35. The van der Waals surface area contributed by atoms with Crippen molar-refractivity contribution >= 4 is 43.7 Å². The van der Waals surface area contributed by atoms with Gasteiger partial charge in [-0.2, -0.15) is 0 Å². The highest BCUT2D eigenvalue weighted by atomic mass is 79.9. The molecule has 3 aliphatic rings. The zero-order valence-electron chi connectivity index (χ0n) is 20.4. The minimum atomic E-state index is -0.989. The monoisotopic (exact) mass is 639 g/mol. The van der Waals surface area contributed by atoms with Crippen LogP contribution in [0.3, 0.4) is 0 Å². The van der Waals surface area contributed by atoms with Crippen LogP contribution in [0.1, 0.15) is 72.1 Å². The van der Waals surface area contributed by atoms with Crippen molar-refractivity contribution in [3.8, 4) is 11.8 Å². The van der Waals surface area contributed by atoms with E-state index in [2.05, 4.69) is 47.1 Å². The molecular weight excluding hydrogens is 610 g/mol. The maximum Gasteiger partial charge on any atom is 0.337 e. The molecule has 3 fully saturated rings. The first kappa shape index (κ1) is 27.8. The van der Waals surface area contributed by atoms with Crippen molar-refractivity contribution in [3.63, 3.8) is 0 Å². The zero-order chi connectivity index (χ0) is 26.4. The van der Waals surface area contributed by atoms with Crippen molar-refractivity contribution < 1.29 is 29.3 Å². The summed E-state index contributed by atoms with van der Waals surface area (Å²) in [5, 5.41) is 21.6. The summed E-state index contributed by atoms with van der Waals surface area (Å²) >= 11 is 6.64. The van der Waals surface area contributed by atoms with E-state index in [9.17, 15) is 14.7 Å². The molecule has 0 aliphatic heterocycles. The van der Waals surface area contributed by atoms with Crippen molar-refractivity contribution in [2.24, 2.45) is 11.8 Å². The molecule has 0 radical (unpaired) electrons. The second-order valence-electron chi connectivity index (χ2n) is 9.77. The first-order chi connectivity index (χ1) is 17.8. The van der Waals surface area contributed by atoms with Crippen LogP contribution < -0.4 is 14.8 Å². The van der Waals surface area contributed by atoms with Gasteiger partial charge in [-0.25, -0.2) is 14.8 Å². The van der Waals surface area contributed by atoms with E-state index in [4.69, 9.17) is 14.6 Å². The molecule has 3 N–H and O–H groups in total. The van der Waals surface area contributed by atoms with Crippen LogP contribution in [0.15, 0.2) is 33.5 Å². The van der Waals surface area contributed by atoms with Crippen molar-refractivity contribution in [1.29, 1.82) is 0 Å². The Hall–Kier alpha value is -2.24. The Bertz CT molecular complexity index is 1110. The molecule has 9 nitrogen and oxygen atoms in total. The minimum absolute atomic E-state index is 0.153. The van der Waals surface area contributed by atoms with Gasteiger partial charge in [0.15, 0.2) is 0 Å². The van der Waals surface area contributed by atoms with Gasteiger partial charge in [-0.15, -0.1) is 0 Å². The number of rotatable bonds is 9. The van der Waals surface area contributed by atoms with E-state index in [1.54, 1.807) is 6.07 Å². The standard InChI is InChI=1S/C16H21BrN2O3.C10H10BrNO3/c17-12-7-11(8-18-16(12)22-9-10-5-6-10)15(21)19-13-3-1-2-4-14(13)20;11-8-3-7(10(13)14)4-12-9(8)15-5-6-1-2-6/h7-8,10,13-14,20H,1-6,9H2,(H,19,21);3-4,6H,1-2,5H2,(H,13,14)/t13-,14-;/m1./s1. The van der Waals surface area contributed by atoms with Gasteiger partial charge in [0.1, 0.15) is 0 Å². The van der Waals surface area contributed by atoms with Crippen LogP contribution in [0, 0.1) is 11.8 Å². The Morgan fingerprint density at radius 1 is 0.865 bits per heavy atom. The van der Waals surface area contributed by atoms with Crippen molar-refractivity contribution in [3.05, 3.63) is 44.6 Å². The summed E-state index contributed by atoms with van der Waals surface area (Å²) in [5.74, 6) is 1.11. The van der Waals surface area contributed by atoms with Crippen LogP contribution >= 0.6 is 31.9 Å². The zero-order valence-corrected chi connectivity index (χ0v) is 23.5. The number of nitrogens with zero attached hydrogens (tertiary/aromatic N) is 2. The van der Waals surface area contributed by atoms with E-state index in [-0.39, 0.29) is 17.5 Å². The molecule has 0 bridgehead atoms. The predicted octanol–water partition coefficient (Wildman–Crippen LogP) is 5.00. The van der Waals surface area contributed by atoms with Crippen LogP contribution in [-0.4, -0.2) is 57.4 Å². The number of halogens is 2. The number of carbonyl (C=O) groups excluding carboxylic acids is 1. The minimum Gasteiger partial charge on any atom is -0.478 e. The second kappa shape index (κ2) is 13.0. The number of pyridine rings is 2. The molecule has 0 spiro atoms. The maximum absolute atomic E-state index is 12.3. The number of amides is 1. The number of nitrogens with one attached hydrogen (secondary N) is 1. The molecule has 2 aromatic heterocycles. The highest BCUT2D eigenvalue weighted by molar-refractivity contribution is 9.10. The molecule has 2 aromatic rings. The SMILES string of the molecule is O=C(N[C@@H]1CCCC[C@H]1O)c1cnc(OCC2CC2)c(Br)c1.O=C(O)c1cnc(OCC2CC2)c(Br)c1. The van der Waals surface area contributed by atoms with E-state index < -0.39 is 12.1 Å². The summed E-state index contributed by atoms with van der Waals surface area (Å²) < 4.78 is 12.3. The lowest BCUT2D eigenvalue weighted by Crippen LogP contribution is -2.45. The van der Waals surface area contributed by atoms with Crippen molar-refractivity contribution in [2.45, 2.75) is 63.5 Å². The van der Waals surface area contributed by atoms with Gasteiger partial charge in [0.25, 0.3) is 5.91 Å². The Morgan fingerprint density at radius 2 is 1.38 bits per heavy atom. The van der Waals surface area contributed by atoms with E-state index in [0.717, 1.165) is 25.7 Å². The molecule has 0 aromatic carbocycles. The number of aliphatic hydroxyl groups is 1. The molecule has 3 aliphatic carbocycles. The Morgan fingerprint density at radius 3 is 1.86 bits per heavy atom. The average molecular weight is 641 g/mol. The van der Waals surface area contributed by atoms with Crippen molar-refractivity contribution in [2.75, 3.05) is 13.2 Å². The smallest absolute Gasteiger partial charge is 0.337 e. The van der Waals surface area contributed by atoms with E-state index in [0.29, 0.717) is 51.3 Å². The molecule has 3 saturated carbocycles. The lowest BCUT2D eigenvalue weighted by atomic mass is 9.92. The van der Waals surface area contributed by atoms with Gasteiger partial charge in [0.2, 0.25) is 11.8 Å². The molecule has 2 atom stereocenters. The van der Waals surface area contributed by atoms with Gasteiger partial charge in [0, 0.05) is 12.4 Å². The van der Waals surface area contributed by atoms with Crippen LogP contribution in [0.25, 0.3) is 0 Å². The molecule has 2 heterocycles. The van der Waals surface area contributed by atoms with Gasteiger partial charge in [-0.3, -0.25) is 4.79 Å². The summed E-state index contributed by atoms with van der Waals surface area (Å²) in [6, 6.07) is 3.06. The van der Waals surface area contributed by atoms with Crippen molar-refractivity contribution in [1.82, 2.24) is 15.3 Å². The van der Waals surface area contributed by atoms with Crippen LogP contribution in [0.2, 0.25) is 0 Å². The predicted molar refractivity (Wildman–Crippen MR) is 143 cm³/mol. The summed E-state index contributed by atoms with van der Waals surface area (Å²) in [7, 11) is 0. The Balaban J connectivity index is 0.000000186. The molecule has 5 rings (SSSR count). The highest BCUT2D eigenvalue weighted by Crippen LogP contribution is 2.32. The van der Waals surface area contributed by atoms with E-state index in [1.807, 2.05) is 0 Å². The molecule has 0 unspecified atom stereocenters. The summed E-state index contributed by atoms with van der Waals surface area (Å²) in [6.07, 6.45) is 10.9. The topological polar surface area (TPSA) is 131 Å².